The number of hydrogen-bond donors (Lipinski definition) is 1. The van der Waals surface area contributed by atoms with Gasteiger partial charge in [-0.1, -0.05) is 30.3 Å². The summed E-state index contributed by atoms with van der Waals surface area (Å²) in [5.41, 5.74) is 0.764. The fourth-order valence-electron chi connectivity index (χ4n) is 0.727. The largest absolute Gasteiger partial charge is 0.508 e. The van der Waals surface area contributed by atoms with Crippen LogP contribution in [0.15, 0.2) is 36.4 Å². The van der Waals surface area contributed by atoms with Gasteiger partial charge in [-0.3, -0.25) is 0 Å². The predicted octanol–water partition coefficient (Wildman–Crippen LogP) is 2.61. The molecule has 0 aliphatic carbocycles. The molecule has 0 atom stereocenters. The molecule has 0 saturated heterocycles. The molecule has 1 rings (SSSR count). The standard InChI is InChI=1S/C9H10O/c1-2-9(10)8-6-4-3-5-7-8/h2-7,10H,1H3/b9-2-/i1D. The monoisotopic (exact) mass is 135 g/mol. The second-order valence-corrected chi connectivity index (χ2v) is 1.96. The van der Waals surface area contributed by atoms with Crippen LogP contribution in [0.4, 0.5) is 0 Å². The number of benzene rings is 1. The molecule has 1 aromatic carbocycles. The molecule has 0 unspecified atom stereocenters. The first kappa shape index (κ1) is 5.54. The van der Waals surface area contributed by atoms with Crippen molar-refractivity contribution in [1.29, 1.82) is 0 Å². The smallest absolute Gasteiger partial charge is 0.118 e. The van der Waals surface area contributed by atoms with Crippen LogP contribution in [0.3, 0.4) is 0 Å². The van der Waals surface area contributed by atoms with E-state index in [4.69, 9.17) is 1.37 Å². The van der Waals surface area contributed by atoms with Gasteiger partial charge in [0.2, 0.25) is 0 Å². The minimum absolute atomic E-state index is 0.112. The van der Waals surface area contributed by atoms with Crippen LogP contribution in [-0.2, 0) is 0 Å². The zero-order chi connectivity index (χ0) is 8.10. The molecule has 0 heterocycles. The fraction of sp³-hybridized carbons (Fsp3) is 0.111. The van der Waals surface area contributed by atoms with Crippen molar-refractivity contribution in [2.75, 3.05) is 0 Å². The highest BCUT2D eigenvalue weighted by Gasteiger charge is 1.91. The van der Waals surface area contributed by atoms with Crippen LogP contribution >= 0.6 is 0 Å². The third-order valence-corrected chi connectivity index (χ3v) is 1.26. The van der Waals surface area contributed by atoms with E-state index in [-0.39, 0.29) is 12.7 Å². The SMILES string of the molecule is [2H]C/C=C(\O)c1ccccc1. The Labute approximate surface area is 62.0 Å². The summed E-state index contributed by atoms with van der Waals surface area (Å²) in [6.07, 6.45) is 1.47. The van der Waals surface area contributed by atoms with E-state index in [0.717, 1.165) is 5.56 Å². The Morgan fingerprint density at radius 1 is 1.50 bits per heavy atom. The lowest BCUT2D eigenvalue weighted by molar-refractivity contribution is 0.511. The van der Waals surface area contributed by atoms with Crippen LogP contribution in [0, 0.1) is 0 Å². The van der Waals surface area contributed by atoms with Crippen molar-refractivity contribution in [2.24, 2.45) is 0 Å². The topological polar surface area (TPSA) is 20.2 Å². The Bertz CT molecular complexity index is 241. The van der Waals surface area contributed by atoms with Gasteiger partial charge in [0.25, 0.3) is 0 Å². The van der Waals surface area contributed by atoms with Crippen molar-refractivity contribution in [1.82, 2.24) is 0 Å². The normalized spacial score (nSPS) is 12.8. The summed E-state index contributed by atoms with van der Waals surface area (Å²) in [5, 5.41) is 9.26. The Balaban J connectivity index is 2.85. The highest BCUT2D eigenvalue weighted by molar-refractivity contribution is 5.57. The molecule has 1 nitrogen and oxygen atoms in total. The Morgan fingerprint density at radius 3 is 2.80 bits per heavy atom. The van der Waals surface area contributed by atoms with Crippen molar-refractivity contribution in [3.8, 4) is 0 Å². The maximum Gasteiger partial charge on any atom is 0.118 e. The first-order valence-electron chi connectivity index (χ1n) is 3.79. The van der Waals surface area contributed by atoms with Gasteiger partial charge < -0.3 is 5.11 Å². The van der Waals surface area contributed by atoms with Crippen LogP contribution in [0.5, 0.6) is 0 Å². The van der Waals surface area contributed by atoms with Gasteiger partial charge in [-0.15, -0.1) is 0 Å². The van der Waals surface area contributed by atoms with E-state index in [9.17, 15) is 5.11 Å². The highest BCUT2D eigenvalue weighted by Crippen LogP contribution is 2.08. The molecule has 0 aromatic heterocycles. The molecule has 0 saturated carbocycles. The van der Waals surface area contributed by atoms with Crippen LogP contribution in [0.25, 0.3) is 5.76 Å². The number of allylic oxidation sites excluding steroid dienone is 1. The number of hydrogen-bond acceptors (Lipinski definition) is 1. The van der Waals surface area contributed by atoms with Gasteiger partial charge in [0.1, 0.15) is 5.76 Å². The summed E-state index contributed by atoms with van der Waals surface area (Å²) < 4.78 is 6.85. The lowest BCUT2D eigenvalue weighted by Gasteiger charge is -1.95. The van der Waals surface area contributed by atoms with Crippen molar-refractivity contribution < 1.29 is 6.48 Å². The molecule has 1 heteroatoms. The molecule has 0 spiro atoms. The molecule has 0 aliphatic heterocycles. The average molecular weight is 135 g/mol. The first-order valence-corrected chi connectivity index (χ1v) is 3.08. The molecule has 1 N–H and O–H groups in total. The third-order valence-electron chi connectivity index (χ3n) is 1.26. The summed E-state index contributed by atoms with van der Waals surface area (Å²) in [7, 11) is 0. The quantitative estimate of drug-likeness (QED) is 0.587. The van der Waals surface area contributed by atoms with Gasteiger partial charge in [0.05, 0.1) is 0 Å². The number of aliphatic hydroxyl groups excluding tert-OH is 1. The fourth-order valence-corrected chi connectivity index (χ4v) is 0.727. The Kier molecular flexibility index (Phi) is 1.70. The van der Waals surface area contributed by atoms with Gasteiger partial charge in [-0.05, 0) is 13.0 Å². The summed E-state index contributed by atoms with van der Waals surface area (Å²) in [4.78, 5) is 0. The van der Waals surface area contributed by atoms with E-state index in [1.165, 1.54) is 6.08 Å². The van der Waals surface area contributed by atoms with Gasteiger partial charge in [0.15, 0.2) is 0 Å². The van der Waals surface area contributed by atoms with Gasteiger partial charge in [0, 0.05) is 6.93 Å². The van der Waals surface area contributed by atoms with E-state index in [1.54, 1.807) is 0 Å². The number of aliphatic hydroxyl groups is 1. The maximum absolute atomic E-state index is 9.26. The van der Waals surface area contributed by atoms with E-state index in [2.05, 4.69) is 0 Å². The van der Waals surface area contributed by atoms with Crippen LogP contribution in [0.1, 0.15) is 13.8 Å². The number of rotatable bonds is 1. The predicted molar refractivity (Wildman–Crippen MR) is 42.7 cm³/mol. The molecule has 0 bridgehead atoms. The maximum atomic E-state index is 9.26. The lowest BCUT2D eigenvalue weighted by atomic mass is 10.2. The lowest BCUT2D eigenvalue weighted by Crippen LogP contribution is -1.78. The van der Waals surface area contributed by atoms with E-state index in [1.807, 2.05) is 30.3 Å². The minimum atomic E-state index is 0.112. The molecular weight excluding hydrogens is 124 g/mol. The van der Waals surface area contributed by atoms with Gasteiger partial charge >= 0.3 is 0 Å². The van der Waals surface area contributed by atoms with Crippen LogP contribution in [-0.4, -0.2) is 5.11 Å². The van der Waals surface area contributed by atoms with Crippen molar-refractivity contribution >= 4 is 5.76 Å². The van der Waals surface area contributed by atoms with E-state index in [0.29, 0.717) is 0 Å². The second-order valence-electron chi connectivity index (χ2n) is 1.96. The molecule has 0 aliphatic rings. The second kappa shape index (κ2) is 3.06. The molecule has 1 aromatic rings. The zero-order valence-corrected chi connectivity index (χ0v) is 5.62. The average Bonchev–Trinajstić information content (AvgIpc) is 2.07. The summed E-state index contributed by atoms with van der Waals surface area (Å²) in [6.45, 7) is 0.112. The van der Waals surface area contributed by atoms with Crippen LogP contribution < -0.4 is 0 Å². The van der Waals surface area contributed by atoms with Gasteiger partial charge in [-0.25, -0.2) is 0 Å². The van der Waals surface area contributed by atoms with E-state index >= 15 is 0 Å². The summed E-state index contributed by atoms with van der Waals surface area (Å²) >= 11 is 0. The molecular formula is C9H10O. The van der Waals surface area contributed by atoms with Crippen molar-refractivity contribution in [3.63, 3.8) is 0 Å². The molecule has 52 valence electrons. The molecule has 0 radical (unpaired) electrons. The highest BCUT2D eigenvalue weighted by atomic mass is 16.3. The van der Waals surface area contributed by atoms with Crippen molar-refractivity contribution in [2.45, 2.75) is 6.90 Å². The van der Waals surface area contributed by atoms with E-state index < -0.39 is 0 Å². The summed E-state index contributed by atoms with van der Waals surface area (Å²) in [5.74, 6) is 0.181. The first-order chi connectivity index (χ1) is 5.34. The Hall–Kier alpha value is -1.24. The molecule has 10 heavy (non-hydrogen) atoms. The molecule has 0 amide bonds. The zero-order valence-electron chi connectivity index (χ0n) is 6.62. The third kappa shape index (κ3) is 1.38. The van der Waals surface area contributed by atoms with Crippen molar-refractivity contribution in [3.05, 3.63) is 42.0 Å². The summed E-state index contributed by atoms with van der Waals surface area (Å²) in [6, 6.07) is 9.20. The molecule has 0 fully saturated rings. The Morgan fingerprint density at radius 2 is 2.20 bits per heavy atom. The van der Waals surface area contributed by atoms with Crippen LogP contribution in [0.2, 0.25) is 0 Å². The minimum Gasteiger partial charge on any atom is -0.508 e. The van der Waals surface area contributed by atoms with Gasteiger partial charge in [-0.2, -0.15) is 0 Å².